The Morgan fingerprint density at radius 2 is 2.20 bits per heavy atom. The summed E-state index contributed by atoms with van der Waals surface area (Å²) in [5.41, 5.74) is 0.531. The molecule has 15 heavy (non-hydrogen) atoms. The molecule has 1 atom stereocenters. The van der Waals surface area contributed by atoms with Gasteiger partial charge in [0.15, 0.2) is 0 Å². The fourth-order valence-corrected chi connectivity index (χ4v) is 2.66. The second kappa shape index (κ2) is 4.84. The van der Waals surface area contributed by atoms with Crippen molar-refractivity contribution < 1.29 is 0 Å². The first-order chi connectivity index (χ1) is 7.23. The Balaban J connectivity index is 1.68. The molecule has 0 spiro atoms. The van der Waals surface area contributed by atoms with Crippen molar-refractivity contribution in [3.05, 3.63) is 0 Å². The summed E-state index contributed by atoms with van der Waals surface area (Å²) >= 11 is 0. The zero-order chi connectivity index (χ0) is 10.7. The van der Waals surface area contributed by atoms with Crippen LogP contribution in [-0.2, 0) is 0 Å². The van der Waals surface area contributed by atoms with Gasteiger partial charge in [-0.1, -0.05) is 26.7 Å². The molecule has 1 heterocycles. The van der Waals surface area contributed by atoms with Gasteiger partial charge >= 0.3 is 0 Å². The molecule has 1 aliphatic heterocycles. The van der Waals surface area contributed by atoms with Crippen molar-refractivity contribution in [2.24, 2.45) is 17.3 Å². The first-order valence-corrected chi connectivity index (χ1v) is 6.64. The van der Waals surface area contributed by atoms with Crippen LogP contribution in [0.25, 0.3) is 0 Å². The van der Waals surface area contributed by atoms with Crippen molar-refractivity contribution in [3.63, 3.8) is 0 Å². The van der Waals surface area contributed by atoms with E-state index in [9.17, 15) is 0 Å². The molecule has 1 saturated heterocycles. The van der Waals surface area contributed by atoms with Gasteiger partial charge in [-0.25, -0.2) is 0 Å². The highest BCUT2D eigenvalue weighted by molar-refractivity contribution is 4.92. The molecule has 2 rings (SSSR count). The first kappa shape index (κ1) is 11.4. The largest absolute Gasteiger partial charge is 0.316 e. The Labute approximate surface area is 94.2 Å². The fourth-order valence-electron chi connectivity index (χ4n) is 2.66. The lowest BCUT2D eigenvalue weighted by molar-refractivity contribution is 0.208. The van der Waals surface area contributed by atoms with Gasteiger partial charge in [-0.3, -0.25) is 0 Å². The summed E-state index contributed by atoms with van der Waals surface area (Å²) in [6, 6.07) is 0. The lowest BCUT2D eigenvalue weighted by Crippen LogP contribution is -2.40. The zero-order valence-corrected chi connectivity index (χ0v) is 10.3. The summed E-state index contributed by atoms with van der Waals surface area (Å²) in [6.07, 6.45) is 5.72. The molecule has 0 aromatic heterocycles. The monoisotopic (exact) mass is 210 g/mol. The molecule has 0 aromatic carbocycles. The second-order valence-electron chi connectivity index (χ2n) is 5.85. The molecule has 0 radical (unpaired) electrons. The fraction of sp³-hybridized carbons (Fsp3) is 1.00. The van der Waals surface area contributed by atoms with Crippen molar-refractivity contribution in [1.82, 2.24) is 10.6 Å². The Bertz CT molecular complexity index is 191. The Morgan fingerprint density at radius 3 is 2.73 bits per heavy atom. The molecular weight excluding hydrogens is 184 g/mol. The Hall–Kier alpha value is -0.0800. The molecular formula is C13H26N2. The van der Waals surface area contributed by atoms with Gasteiger partial charge in [0, 0.05) is 13.1 Å². The number of hydrogen-bond donors (Lipinski definition) is 2. The average molecular weight is 210 g/mol. The molecule has 2 fully saturated rings. The predicted octanol–water partition coefficient (Wildman–Crippen LogP) is 2.01. The van der Waals surface area contributed by atoms with E-state index in [1.165, 1.54) is 51.9 Å². The second-order valence-corrected chi connectivity index (χ2v) is 5.85. The maximum absolute atomic E-state index is 3.68. The minimum absolute atomic E-state index is 0.531. The summed E-state index contributed by atoms with van der Waals surface area (Å²) < 4.78 is 0. The summed E-state index contributed by atoms with van der Waals surface area (Å²) in [7, 11) is 0. The van der Waals surface area contributed by atoms with Crippen molar-refractivity contribution >= 4 is 0 Å². The van der Waals surface area contributed by atoms with E-state index in [4.69, 9.17) is 0 Å². The molecule has 1 aliphatic carbocycles. The number of hydrogen-bond acceptors (Lipinski definition) is 2. The maximum Gasteiger partial charge on any atom is 0.00229 e. The van der Waals surface area contributed by atoms with Gasteiger partial charge in [0.05, 0.1) is 0 Å². The summed E-state index contributed by atoms with van der Waals surface area (Å²) in [4.78, 5) is 0. The average Bonchev–Trinajstić information content (AvgIpc) is 2.90. The Kier molecular flexibility index (Phi) is 3.68. The smallest absolute Gasteiger partial charge is 0.00229 e. The third kappa shape index (κ3) is 2.94. The normalized spacial score (nSPS) is 31.4. The standard InChI is InChI=1S/C13H26N2/c1-11(2)13(6-8-15-10-13)9-14-7-5-12-3-4-12/h11-12,14-15H,3-10H2,1-2H3. The van der Waals surface area contributed by atoms with Crippen LogP contribution in [-0.4, -0.2) is 26.2 Å². The van der Waals surface area contributed by atoms with Crippen LogP contribution in [0.3, 0.4) is 0 Å². The van der Waals surface area contributed by atoms with E-state index in [0.717, 1.165) is 11.8 Å². The van der Waals surface area contributed by atoms with Crippen molar-refractivity contribution in [2.45, 2.75) is 39.5 Å². The predicted molar refractivity (Wildman–Crippen MR) is 65.0 cm³/mol. The van der Waals surface area contributed by atoms with Gasteiger partial charge in [0.1, 0.15) is 0 Å². The summed E-state index contributed by atoms with van der Waals surface area (Å²) in [6.45, 7) is 9.61. The third-order valence-corrected chi connectivity index (χ3v) is 4.40. The number of rotatable bonds is 6. The van der Waals surface area contributed by atoms with Crippen LogP contribution in [0.15, 0.2) is 0 Å². The van der Waals surface area contributed by atoms with Gasteiger partial charge in [0.2, 0.25) is 0 Å². The van der Waals surface area contributed by atoms with E-state index >= 15 is 0 Å². The van der Waals surface area contributed by atoms with E-state index in [2.05, 4.69) is 24.5 Å². The summed E-state index contributed by atoms with van der Waals surface area (Å²) in [5.74, 6) is 1.86. The molecule has 2 aliphatic rings. The molecule has 0 amide bonds. The van der Waals surface area contributed by atoms with Crippen LogP contribution in [0.2, 0.25) is 0 Å². The molecule has 0 aromatic rings. The minimum Gasteiger partial charge on any atom is -0.316 e. The highest BCUT2D eigenvalue weighted by Crippen LogP contribution is 2.34. The topological polar surface area (TPSA) is 24.1 Å². The molecule has 0 bridgehead atoms. The molecule has 88 valence electrons. The quantitative estimate of drug-likeness (QED) is 0.655. The van der Waals surface area contributed by atoms with Gasteiger partial charge < -0.3 is 10.6 Å². The van der Waals surface area contributed by atoms with Crippen LogP contribution < -0.4 is 10.6 Å². The SMILES string of the molecule is CC(C)C1(CNCCC2CC2)CCNC1. The third-order valence-electron chi connectivity index (χ3n) is 4.40. The van der Waals surface area contributed by atoms with Gasteiger partial charge in [-0.05, 0) is 43.2 Å². The number of nitrogens with one attached hydrogen (secondary N) is 2. The highest BCUT2D eigenvalue weighted by Gasteiger charge is 2.36. The molecule has 2 nitrogen and oxygen atoms in total. The van der Waals surface area contributed by atoms with Crippen molar-refractivity contribution in [3.8, 4) is 0 Å². The molecule has 2 N–H and O–H groups in total. The van der Waals surface area contributed by atoms with E-state index in [1.807, 2.05) is 0 Å². The van der Waals surface area contributed by atoms with Gasteiger partial charge in [-0.2, -0.15) is 0 Å². The van der Waals surface area contributed by atoms with E-state index in [-0.39, 0.29) is 0 Å². The minimum atomic E-state index is 0.531. The maximum atomic E-state index is 3.68. The van der Waals surface area contributed by atoms with E-state index < -0.39 is 0 Å². The van der Waals surface area contributed by atoms with E-state index in [0.29, 0.717) is 5.41 Å². The van der Waals surface area contributed by atoms with Crippen LogP contribution in [0.1, 0.15) is 39.5 Å². The van der Waals surface area contributed by atoms with Crippen LogP contribution >= 0.6 is 0 Å². The molecule has 2 heteroatoms. The highest BCUT2D eigenvalue weighted by atomic mass is 15.0. The van der Waals surface area contributed by atoms with Crippen LogP contribution in [0.4, 0.5) is 0 Å². The summed E-state index contributed by atoms with van der Waals surface area (Å²) in [5, 5.41) is 7.20. The van der Waals surface area contributed by atoms with Crippen molar-refractivity contribution in [1.29, 1.82) is 0 Å². The lowest BCUT2D eigenvalue weighted by Gasteiger charge is -2.33. The molecule has 1 unspecified atom stereocenters. The van der Waals surface area contributed by atoms with Gasteiger partial charge in [-0.15, -0.1) is 0 Å². The van der Waals surface area contributed by atoms with E-state index in [1.54, 1.807) is 0 Å². The van der Waals surface area contributed by atoms with Crippen LogP contribution in [0, 0.1) is 17.3 Å². The van der Waals surface area contributed by atoms with Gasteiger partial charge in [0.25, 0.3) is 0 Å². The Morgan fingerprint density at radius 1 is 1.40 bits per heavy atom. The van der Waals surface area contributed by atoms with Crippen LogP contribution in [0.5, 0.6) is 0 Å². The zero-order valence-electron chi connectivity index (χ0n) is 10.3. The molecule has 1 saturated carbocycles. The lowest BCUT2D eigenvalue weighted by atomic mass is 9.76. The van der Waals surface area contributed by atoms with Crippen molar-refractivity contribution in [2.75, 3.05) is 26.2 Å². The first-order valence-electron chi connectivity index (χ1n) is 6.64.